The summed E-state index contributed by atoms with van der Waals surface area (Å²) >= 11 is 0. The van der Waals surface area contributed by atoms with Crippen LogP contribution in [-0.4, -0.2) is 43.8 Å². The Bertz CT molecular complexity index is 212. The Morgan fingerprint density at radius 2 is 2.12 bits per heavy atom. The summed E-state index contributed by atoms with van der Waals surface area (Å²) in [7, 11) is 0. The fraction of sp³-hybridized carbons (Fsp3) is 1.00. The van der Waals surface area contributed by atoms with Gasteiger partial charge in [-0.1, -0.05) is 13.3 Å². The van der Waals surface area contributed by atoms with E-state index in [2.05, 4.69) is 11.8 Å². The van der Waals surface area contributed by atoms with Gasteiger partial charge in [-0.2, -0.15) is 0 Å². The zero-order valence-corrected chi connectivity index (χ0v) is 11.2. The minimum atomic E-state index is 0.542. The molecule has 2 aliphatic rings. The van der Waals surface area contributed by atoms with Gasteiger partial charge >= 0.3 is 0 Å². The lowest BCUT2D eigenvalue weighted by Crippen LogP contribution is -2.50. The Labute approximate surface area is 106 Å². The molecule has 0 aromatic carbocycles. The third-order valence-electron chi connectivity index (χ3n) is 4.57. The molecule has 0 aromatic rings. The molecule has 1 saturated carbocycles. The molecule has 0 bridgehead atoms. The Hall–Kier alpha value is -0.120. The quantitative estimate of drug-likeness (QED) is 0.770. The minimum Gasteiger partial charge on any atom is -0.381 e. The van der Waals surface area contributed by atoms with Gasteiger partial charge in [0.1, 0.15) is 0 Å². The fourth-order valence-corrected chi connectivity index (χ4v) is 3.21. The molecule has 2 rings (SSSR count). The van der Waals surface area contributed by atoms with Crippen LogP contribution in [0.25, 0.3) is 0 Å². The number of ether oxygens (including phenoxy) is 1. The lowest BCUT2D eigenvalue weighted by atomic mass is 9.84. The molecule has 0 amide bonds. The summed E-state index contributed by atoms with van der Waals surface area (Å²) in [6.45, 7) is 7.31. The highest BCUT2D eigenvalue weighted by Gasteiger charge is 2.30. The first-order valence-corrected chi connectivity index (χ1v) is 7.37. The summed E-state index contributed by atoms with van der Waals surface area (Å²) in [5, 5.41) is 0. The molecule has 2 N–H and O–H groups in total. The second kappa shape index (κ2) is 6.72. The van der Waals surface area contributed by atoms with Crippen LogP contribution in [0.3, 0.4) is 0 Å². The van der Waals surface area contributed by atoms with Gasteiger partial charge in [0.25, 0.3) is 0 Å². The smallest absolute Gasteiger partial charge is 0.0509 e. The van der Waals surface area contributed by atoms with Crippen molar-refractivity contribution in [3.8, 4) is 0 Å². The average Bonchev–Trinajstić information content (AvgIpc) is 2.33. The van der Waals surface area contributed by atoms with E-state index in [1.54, 1.807) is 0 Å². The van der Waals surface area contributed by atoms with Crippen molar-refractivity contribution in [2.24, 2.45) is 17.6 Å². The van der Waals surface area contributed by atoms with Gasteiger partial charge in [0.05, 0.1) is 6.61 Å². The highest BCUT2D eigenvalue weighted by Crippen LogP contribution is 2.29. The number of hydrogen-bond acceptors (Lipinski definition) is 3. The number of likely N-dealkylation sites (N-methyl/N-ethyl adjacent to an activating group) is 1. The first-order chi connectivity index (χ1) is 8.35. The van der Waals surface area contributed by atoms with E-state index < -0.39 is 0 Å². The Morgan fingerprint density at radius 3 is 2.59 bits per heavy atom. The molecule has 3 heteroatoms. The van der Waals surface area contributed by atoms with Gasteiger partial charge in [-0.15, -0.1) is 0 Å². The second-order valence-electron chi connectivity index (χ2n) is 5.66. The zero-order valence-electron chi connectivity index (χ0n) is 11.2. The van der Waals surface area contributed by atoms with Crippen LogP contribution in [0.5, 0.6) is 0 Å². The second-order valence-corrected chi connectivity index (χ2v) is 5.66. The Balaban J connectivity index is 1.87. The van der Waals surface area contributed by atoms with Crippen LogP contribution in [0, 0.1) is 11.8 Å². The summed E-state index contributed by atoms with van der Waals surface area (Å²) in [4.78, 5) is 2.61. The van der Waals surface area contributed by atoms with Crippen LogP contribution >= 0.6 is 0 Å². The molecule has 2 unspecified atom stereocenters. The average molecular weight is 240 g/mol. The van der Waals surface area contributed by atoms with Crippen LogP contribution in [0.1, 0.15) is 39.0 Å². The number of nitrogens with zero attached hydrogens (tertiary/aromatic N) is 1. The maximum Gasteiger partial charge on any atom is 0.0509 e. The number of nitrogens with two attached hydrogens (primary N) is 1. The number of rotatable bonds is 6. The van der Waals surface area contributed by atoms with Gasteiger partial charge in [-0.3, -0.25) is 4.90 Å². The third kappa shape index (κ3) is 3.43. The van der Waals surface area contributed by atoms with Crippen LogP contribution in [-0.2, 0) is 4.74 Å². The van der Waals surface area contributed by atoms with Crippen molar-refractivity contribution in [1.29, 1.82) is 0 Å². The molecule has 1 aliphatic carbocycles. The van der Waals surface area contributed by atoms with Crippen LogP contribution in [0.4, 0.5) is 0 Å². The summed E-state index contributed by atoms with van der Waals surface area (Å²) < 4.78 is 5.62. The molecule has 0 spiro atoms. The molecular weight excluding hydrogens is 212 g/mol. The van der Waals surface area contributed by atoms with E-state index in [1.807, 2.05) is 0 Å². The van der Waals surface area contributed by atoms with Crippen molar-refractivity contribution in [3.05, 3.63) is 0 Å². The maximum atomic E-state index is 6.02. The van der Waals surface area contributed by atoms with Gasteiger partial charge < -0.3 is 10.5 Å². The van der Waals surface area contributed by atoms with Crippen molar-refractivity contribution >= 4 is 0 Å². The monoisotopic (exact) mass is 240 g/mol. The molecule has 2 fully saturated rings. The van der Waals surface area contributed by atoms with E-state index in [9.17, 15) is 0 Å². The molecule has 100 valence electrons. The van der Waals surface area contributed by atoms with Crippen LogP contribution in [0.2, 0.25) is 0 Å². The van der Waals surface area contributed by atoms with Gasteiger partial charge in [0, 0.05) is 25.7 Å². The maximum absolute atomic E-state index is 6.02. The molecule has 1 heterocycles. The van der Waals surface area contributed by atoms with Gasteiger partial charge in [0.15, 0.2) is 0 Å². The summed E-state index contributed by atoms with van der Waals surface area (Å²) in [6, 6.07) is 0.542. The van der Waals surface area contributed by atoms with Crippen molar-refractivity contribution in [3.63, 3.8) is 0 Å². The van der Waals surface area contributed by atoms with E-state index in [4.69, 9.17) is 10.5 Å². The van der Waals surface area contributed by atoms with E-state index >= 15 is 0 Å². The third-order valence-corrected chi connectivity index (χ3v) is 4.57. The molecule has 2 atom stereocenters. The fourth-order valence-electron chi connectivity index (χ4n) is 3.21. The topological polar surface area (TPSA) is 38.5 Å². The highest BCUT2D eigenvalue weighted by atomic mass is 16.5. The number of hydrogen-bond donors (Lipinski definition) is 1. The van der Waals surface area contributed by atoms with Gasteiger partial charge in [-0.05, 0) is 44.1 Å². The van der Waals surface area contributed by atoms with Crippen molar-refractivity contribution in [2.75, 3.05) is 32.8 Å². The lowest BCUT2D eigenvalue weighted by Gasteiger charge is -2.40. The first kappa shape index (κ1) is 13.3. The SMILES string of the molecule is CCN(CC1CCC1)C(CN)C1CCCOC1. The van der Waals surface area contributed by atoms with E-state index in [1.165, 1.54) is 38.6 Å². The van der Waals surface area contributed by atoms with Crippen molar-refractivity contribution in [1.82, 2.24) is 4.90 Å². The van der Waals surface area contributed by atoms with Crippen molar-refractivity contribution < 1.29 is 4.74 Å². The van der Waals surface area contributed by atoms with E-state index in [-0.39, 0.29) is 0 Å². The van der Waals surface area contributed by atoms with Crippen LogP contribution < -0.4 is 5.73 Å². The molecule has 1 aliphatic heterocycles. The van der Waals surface area contributed by atoms with Crippen LogP contribution in [0.15, 0.2) is 0 Å². The molecule has 1 saturated heterocycles. The van der Waals surface area contributed by atoms with E-state index in [0.29, 0.717) is 12.0 Å². The van der Waals surface area contributed by atoms with Gasteiger partial charge in [0.2, 0.25) is 0 Å². The van der Waals surface area contributed by atoms with Crippen molar-refractivity contribution in [2.45, 2.75) is 45.1 Å². The minimum absolute atomic E-state index is 0.542. The largest absolute Gasteiger partial charge is 0.381 e. The molecule has 0 aromatic heterocycles. The first-order valence-electron chi connectivity index (χ1n) is 7.37. The Morgan fingerprint density at radius 1 is 1.29 bits per heavy atom. The predicted molar refractivity (Wildman–Crippen MR) is 71.0 cm³/mol. The molecular formula is C14H28N2O. The zero-order chi connectivity index (χ0) is 12.1. The van der Waals surface area contributed by atoms with Gasteiger partial charge in [-0.25, -0.2) is 0 Å². The normalized spacial score (nSPS) is 28.1. The van der Waals surface area contributed by atoms with E-state index in [0.717, 1.165) is 32.2 Å². The predicted octanol–water partition coefficient (Wildman–Crippen LogP) is 1.86. The molecule has 3 nitrogen and oxygen atoms in total. The molecule has 0 radical (unpaired) electrons. The lowest BCUT2D eigenvalue weighted by molar-refractivity contribution is 0.00518. The molecule has 17 heavy (non-hydrogen) atoms. The summed E-state index contributed by atoms with van der Waals surface area (Å²) in [5.74, 6) is 1.60. The standard InChI is InChI=1S/C14H28N2O/c1-2-16(10-12-5-3-6-12)14(9-15)13-7-4-8-17-11-13/h12-14H,2-11,15H2,1H3. The highest BCUT2D eigenvalue weighted by molar-refractivity contribution is 4.84. The summed E-state index contributed by atoms with van der Waals surface area (Å²) in [5.41, 5.74) is 6.02. The Kier molecular flexibility index (Phi) is 5.26. The summed E-state index contributed by atoms with van der Waals surface area (Å²) in [6.07, 6.45) is 6.79.